The Morgan fingerprint density at radius 1 is 0.817 bits per heavy atom. The van der Waals surface area contributed by atoms with Gasteiger partial charge in [-0.1, -0.05) is 66.7 Å². The first-order chi connectivity index (χ1) is 28.9. The molecule has 1 N–H and O–H groups in total. The Labute approximate surface area is 342 Å². The van der Waals surface area contributed by atoms with E-state index in [9.17, 15) is 18.0 Å². The topological polar surface area (TPSA) is 109 Å². The molecular weight excluding hydrogens is 777 g/mol. The molecule has 0 atom stereocenters. The molecule has 0 spiro atoms. The van der Waals surface area contributed by atoms with E-state index in [2.05, 4.69) is 10.1 Å². The lowest BCUT2D eigenvalue weighted by atomic mass is 9.91. The van der Waals surface area contributed by atoms with E-state index in [1.54, 1.807) is 71.9 Å². The summed E-state index contributed by atoms with van der Waals surface area (Å²) in [5.74, 6) is -0.629. The van der Waals surface area contributed by atoms with E-state index in [-0.39, 0.29) is 83.9 Å². The molecule has 0 saturated carbocycles. The predicted molar refractivity (Wildman–Crippen MR) is 216 cm³/mol. The molecule has 0 unspecified atom stereocenters. The molecule has 14 heteroatoms. The second-order valence-electron chi connectivity index (χ2n) is 14.2. The average Bonchev–Trinajstić information content (AvgIpc) is 3.84. The summed E-state index contributed by atoms with van der Waals surface area (Å²) in [5, 5.41) is 12.2. The minimum Gasteiger partial charge on any atom is -0.487 e. The number of Topliss-reactive ketones (excluding diaryl/α,β-unsaturated/α-hetero) is 1. The first kappa shape index (κ1) is 39.6. The van der Waals surface area contributed by atoms with Crippen LogP contribution in [0.5, 0.6) is 17.5 Å². The molecule has 0 radical (unpaired) electrons. The van der Waals surface area contributed by atoms with Crippen LogP contribution in [0.4, 0.5) is 17.6 Å². The van der Waals surface area contributed by atoms with Crippen molar-refractivity contribution in [3.63, 3.8) is 0 Å². The van der Waals surface area contributed by atoms with Crippen LogP contribution in [0.25, 0.3) is 28.3 Å². The number of nitrogens with one attached hydrogen (secondary N) is 1. The number of imidazole rings is 1. The SMILES string of the molecule is CCn1cc(-c2cc(Cn3ccn(C)c3=N)cc3c2OC/C(=C\c2ccc(F)c(-c4ccc(OCc5ccccc5)nc4OCc4ccccc4)c2)C3=O)c(C(F)(F)F)n1. The number of ketones is 1. The maximum Gasteiger partial charge on any atom is 0.435 e. The highest BCUT2D eigenvalue weighted by molar-refractivity contribution is 6.15. The van der Waals surface area contributed by atoms with Crippen LogP contribution >= 0.6 is 0 Å². The normalized spacial score (nSPS) is 13.3. The lowest BCUT2D eigenvalue weighted by Gasteiger charge is -2.23. The lowest BCUT2D eigenvalue weighted by molar-refractivity contribution is -0.141. The van der Waals surface area contributed by atoms with Crippen molar-refractivity contribution < 1.29 is 36.6 Å². The zero-order valence-corrected chi connectivity index (χ0v) is 32.5. The van der Waals surface area contributed by atoms with Crippen molar-refractivity contribution in [2.24, 2.45) is 7.05 Å². The molecule has 1 aliphatic rings. The van der Waals surface area contributed by atoms with Crippen molar-refractivity contribution in [3.8, 4) is 39.8 Å². The van der Waals surface area contributed by atoms with Gasteiger partial charge in [0, 0.05) is 66.1 Å². The number of hydrogen-bond acceptors (Lipinski definition) is 7. The Hall–Kier alpha value is -7.22. The van der Waals surface area contributed by atoms with Crippen molar-refractivity contribution in [1.29, 1.82) is 5.41 Å². The van der Waals surface area contributed by atoms with Gasteiger partial charge in [-0.05, 0) is 65.6 Å². The molecule has 304 valence electrons. The molecule has 3 aromatic heterocycles. The summed E-state index contributed by atoms with van der Waals surface area (Å²) in [6.07, 6.45) is 1.43. The molecule has 10 nitrogen and oxygen atoms in total. The molecule has 0 aliphatic carbocycles. The van der Waals surface area contributed by atoms with Crippen LogP contribution in [0.15, 0.2) is 127 Å². The van der Waals surface area contributed by atoms with Crippen LogP contribution in [0.1, 0.15) is 45.2 Å². The lowest BCUT2D eigenvalue weighted by Crippen LogP contribution is -2.23. The molecule has 60 heavy (non-hydrogen) atoms. The van der Waals surface area contributed by atoms with Gasteiger partial charge in [-0.25, -0.2) is 4.39 Å². The quantitative estimate of drug-likeness (QED) is 0.0974. The van der Waals surface area contributed by atoms with Gasteiger partial charge in [0.05, 0.1) is 12.1 Å². The van der Waals surface area contributed by atoms with Gasteiger partial charge in [0.25, 0.3) is 0 Å². The Morgan fingerprint density at radius 3 is 2.18 bits per heavy atom. The summed E-state index contributed by atoms with van der Waals surface area (Å²) in [5.41, 5.74) is 2.36. The van der Waals surface area contributed by atoms with E-state index in [0.717, 1.165) is 11.1 Å². The number of benzene rings is 4. The van der Waals surface area contributed by atoms with E-state index in [4.69, 9.17) is 19.6 Å². The number of aryl methyl sites for hydroxylation is 2. The second kappa shape index (κ2) is 16.6. The number of halogens is 4. The highest BCUT2D eigenvalue weighted by Gasteiger charge is 2.39. The van der Waals surface area contributed by atoms with Crippen molar-refractivity contribution in [1.82, 2.24) is 23.9 Å². The molecule has 0 amide bonds. The number of fused-ring (bicyclic) bond motifs is 1. The van der Waals surface area contributed by atoms with Crippen LogP contribution in [0, 0.1) is 11.2 Å². The van der Waals surface area contributed by atoms with Gasteiger partial charge in [0.2, 0.25) is 17.4 Å². The largest absolute Gasteiger partial charge is 0.487 e. The van der Waals surface area contributed by atoms with E-state index in [0.29, 0.717) is 16.7 Å². The van der Waals surface area contributed by atoms with Gasteiger partial charge in [-0.15, -0.1) is 0 Å². The molecule has 8 rings (SSSR count). The fourth-order valence-electron chi connectivity index (χ4n) is 6.95. The minimum absolute atomic E-state index is 0.00754. The number of alkyl halides is 3. The first-order valence-electron chi connectivity index (χ1n) is 19.1. The highest BCUT2D eigenvalue weighted by Crippen LogP contribution is 2.44. The summed E-state index contributed by atoms with van der Waals surface area (Å²) in [6, 6.07) is 29.8. The number of pyridine rings is 1. The predicted octanol–water partition coefficient (Wildman–Crippen LogP) is 9.27. The van der Waals surface area contributed by atoms with Crippen LogP contribution in [0.3, 0.4) is 0 Å². The summed E-state index contributed by atoms with van der Waals surface area (Å²) in [6.45, 7) is 2.09. The third kappa shape index (κ3) is 8.35. The van der Waals surface area contributed by atoms with Crippen molar-refractivity contribution in [2.45, 2.75) is 39.4 Å². The Bertz CT molecular complexity index is 2790. The number of rotatable bonds is 12. The number of carbonyl (C=O) groups excluding carboxylic acids is 1. The van der Waals surface area contributed by atoms with Crippen molar-refractivity contribution >= 4 is 11.9 Å². The van der Waals surface area contributed by atoms with Gasteiger partial charge in [0.1, 0.15) is 31.4 Å². The second-order valence-corrected chi connectivity index (χ2v) is 14.2. The van der Waals surface area contributed by atoms with Gasteiger partial charge < -0.3 is 23.3 Å². The molecule has 0 saturated heterocycles. The zero-order chi connectivity index (χ0) is 42.0. The third-order valence-corrected chi connectivity index (χ3v) is 10.0. The third-order valence-electron chi connectivity index (χ3n) is 10.0. The van der Waals surface area contributed by atoms with Crippen LogP contribution in [-0.4, -0.2) is 36.3 Å². The molecule has 0 bridgehead atoms. The van der Waals surface area contributed by atoms with Crippen LogP contribution in [0.2, 0.25) is 0 Å². The van der Waals surface area contributed by atoms with E-state index < -0.39 is 23.5 Å². The van der Waals surface area contributed by atoms with E-state index in [1.165, 1.54) is 23.0 Å². The number of aromatic nitrogens is 5. The molecule has 1 aliphatic heterocycles. The highest BCUT2D eigenvalue weighted by atomic mass is 19.4. The molecule has 4 aromatic carbocycles. The maximum absolute atomic E-state index is 15.8. The number of nitrogens with zero attached hydrogens (tertiary/aromatic N) is 5. The number of hydrogen-bond donors (Lipinski definition) is 1. The van der Waals surface area contributed by atoms with Crippen molar-refractivity contribution in [3.05, 3.63) is 172 Å². The first-order valence-corrected chi connectivity index (χ1v) is 19.1. The summed E-state index contributed by atoms with van der Waals surface area (Å²) in [7, 11) is 1.70. The smallest absolute Gasteiger partial charge is 0.435 e. The fraction of sp³-hybridized carbons (Fsp3) is 0.174. The van der Waals surface area contributed by atoms with Gasteiger partial charge >= 0.3 is 6.18 Å². The summed E-state index contributed by atoms with van der Waals surface area (Å²) >= 11 is 0. The van der Waals surface area contributed by atoms with E-state index >= 15 is 4.39 Å². The van der Waals surface area contributed by atoms with Crippen LogP contribution in [-0.2, 0) is 39.5 Å². The number of carbonyl (C=O) groups is 1. The standard InChI is InChI=1S/C46H38F4N6O4/c1-3-56-25-38(43(53-56)46(48,49)50)36-22-32(24-55-19-18-54(2)45(55)51)23-37-41(57)33(28-59-42(36)37)20-31-14-16-39(47)35(21-31)34-15-17-40(58-26-29-10-6-4-7-11-29)52-44(34)60-27-30-12-8-5-9-13-30/h4-23,25,51H,3,24,26-28H2,1-2H3/b33-20+,51-45?. The van der Waals surface area contributed by atoms with Gasteiger partial charge in [-0.3, -0.25) is 14.9 Å². The molecule has 7 aromatic rings. The van der Waals surface area contributed by atoms with Crippen LogP contribution < -0.4 is 19.8 Å². The maximum atomic E-state index is 15.8. The average molecular weight is 815 g/mol. The molecular formula is C46H38F4N6O4. The minimum atomic E-state index is -4.79. The Balaban J connectivity index is 1.16. The summed E-state index contributed by atoms with van der Waals surface area (Å²) < 4.78 is 81.6. The van der Waals surface area contributed by atoms with E-state index in [1.807, 2.05) is 60.7 Å². The molecule has 0 fully saturated rings. The number of ether oxygens (including phenoxy) is 3. The van der Waals surface area contributed by atoms with Gasteiger partial charge in [0.15, 0.2) is 11.5 Å². The zero-order valence-electron chi connectivity index (χ0n) is 32.5. The van der Waals surface area contributed by atoms with Gasteiger partial charge in [-0.2, -0.15) is 23.3 Å². The van der Waals surface area contributed by atoms with Crippen molar-refractivity contribution in [2.75, 3.05) is 6.61 Å². The Kier molecular flexibility index (Phi) is 10.9. The monoisotopic (exact) mass is 814 g/mol. The molecule has 4 heterocycles. The fourth-order valence-corrected chi connectivity index (χ4v) is 6.95. The Morgan fingerprint density at radius 2 is 1.52 bits per heavy atom. The summed E-state index contributed by atoms with van der Waals surface area (Å²) in [4.78, 5) is 19.0.